The number of rotatable bonds is 4. The molecule has 3 aromatic rings. The molecule has 2 aliphatic rings. The number of hydrogen-bond donors (Lipinski definition) is 1. The zero-order valence-corrected chi connectivity index (χ0v) is 18.6. The molecule has 2 atom stereocenters. The van der Waals surface area contributed by atoms with Crippen LogP contribution in [-0.2, 0) is 17.6 Å². The third-order valence-electron chi connectivity index (χ3n) is 6.75. The second kappa shape index (κ2) is 8.56. The smallest absolute Gasteiger partial charge is 0.261 e. The Morgan fingerprint density at radius 2 is 2.09 bits per heavy atom. The summed E-state index contributed by atoms with van der Waals surface area (Å²) >= 11 is 0. The highest BCUT2D eigenvalue weighted by molar-refractivity contribution is 5.93. The van der Waals surface area contributed by atoms with E-state index in [-0.39, 0.29) is 18.2 Å². The van der Waals surface area contributed by atoms with Crippen LogP contribution in [0.4, 0.5) is 5.69 Å². The number of anilines is 1. The quantitative estimate of drug-likeness (QED) is 0.679. The molecule has 1 saturated heterocycles. The van der Waals surface area contributed by atoms with Crippen LogP contribution in [0.2, 0.25) is 0 Å². The van der Waals surface area contributed by atoms with E-state index < -0.39 is 6.10 Å². The molecular formula is C25H29N3O4. The van der Waals surface area contributed by atoms with Crippen LogP contribution >= 0.6 is 0 Å². The second-order valence-electron chi connectivity index (χ2n) is 8.76. The lowest BCUT2D eigenvalue weighted by Crippen LogP contribution is -2.39. The summed E-state index contributed by atoms with van der Waals surface area (Å²) in [6.07, 6.45) is 4.29. The summed E-state index contributed by atoms with van der Waals surface area (Å²) in [4.78, 5) is 20.5. The first-order chi connectivity index (χ1) is 15.6. The minimum atomic E-state index is -0.709. The van der Waals surface area contributed by atoms with Crippen LogP contribution in [0.3, 0.4) is 0 Å². The third kappa shape index (κ3) is 3.65. The van der Waals surface area contributed by atoms with Crippen LogP contribution in [-0.4, -0.2) is 54.7 Å². The monoisotopic (exact) mass is 435 g/mol. The van der Waals surface area contributed by atoms with Gasteiger partial charge in [-0.15, -0.1) is 0 Å². The topological polar surface area (TPSA) is 76.8 Å². The molecule has 0 saturated carbocycles. The van der Waals surface area contributed by atoms with Gasteiger partial charge in [0.15, 0.2) is 0 Å². The zero-order valence-electron chi connectivity index (χ0n) is 18.6. The summed E-state index contributed by atoms with van der Waals surface area (Å²) < 4.78 is 12.2. The number of fused-ring (bicyclic) bond motifs is 3. The number of aromatic nitrogens is 2. The first-order valence-electron chi connectivity index (χ1n) is 11.2. The molecule has 2 aromatic carbocycles. The van der Waals surface area contributed by atoms with Crippen molar-refractivity contribution in [3.8, 4) is 5.75 Å². The van der Waals surface area contributed by atoms with E-state index in [1.165, 1.54) is 11.1 Å². The molecule has 7 nitrogen and oxygen atoms in total. The maximum absolute atomic E-state index is 13.6. The van der Waals surface area contributed by atoms with Gasteiger partial charge < -0.3 is 19.5 Å². The van der Waals surface area contributed by atoms with Crippen molar-refractivity contribution in [1.29, 1.82) is 0 Å². The van der Waals surface area contributed by atoms with Crippen molar-refractivity contribution in [1.82, 2.24) is 9.55 Å². The standard InChI is InChI=1S/C25H29N3O4/c1-27-10-3-4-19-17(12-16-5-7-18(31-2)8-6-16)13-20-23(24(19)27)26-15-28(25(20)30)21-9-11-32-14-22(21)29/h5-8,13,15,21-22,29H,3-4,9-12,14H2,1-2H3/t21-,22-/m0/s1. The molecule has 0 aliphatic carbocycles. The molecule has 1 N–H and O–H groups in total. The van der Waals surface area contributed by atoms with Crippen molar-refractivity contribution in [2.75, 3.05) is 38.8 Å². The number of nitrogens with zero attached hydrogens (tertiary/aromatic N) is 3. The maximum Gasteiger partial charge on any atom is 0.261 e. The Labute approximate surface area is 187 Å². The molecule has 2 aliphatic heterocycles. The Hall–Kier alpha value is -2.90. The zero-order chi connectivity index (χ0) is 22.2. The molecule has 32 heavy (non-hydrogen) atoms. The van der Waals surface area contributed by atoms with Gasteiger partial charge in [0.2, 0.25) is 0 Å². The summed E-state index contributed by atoms with van der Waals surface area (Å²) in [5.74, 6) is 0.830. The van der Waals surface area contributed by atoms with Gasteiger partial charge in [-0.25, -0.2) is 4.98 Å². The lowest BCUT2D eigenvalue weighted by atomic mass is 9.90. The van der Waals surface area contributed by atoms with Gasteiger partial charge in [0, 0.05) is 20.2 Å². The minimum absolute atomic E-state index is 0.0984. The van der Waals surface area contributed by atoms with Gasteiger partial charge in [-0.3, -0.25) is 9.36 Å². The molecule has 0 radical (unpaired) electrons. The van der Waals surface area contributed by atoms with Crippen molar-refractivity contribution < 1.29 is 14.6 Å². The van der Waals surface area contributed by atoms with Crippen LogP contribution in [0.1, 0.15) is 35.6 Å². The van der Waals surface area contributed by atoms with E-state index in [1.54, 1.807) is 18.0 Å². The Kier molecular flexibility index (Phi) is 5.61. The lowest BCUT2D eigenvalue weighted by molar-refractivity contribution is -0.0395. The van der Waals surface area contributed by atoms with E-state index >= 15 is 0 Å². The number of aliphatic hydroxyl groups is 1. The van der Waals surface area contributed by atoms with Gasteiger partial charge in [-0.1, -0.05) is 12.1 Å². The molecule has 0 spiro atoms. The highest BCUT2D eigenvalue weighted by Crippen LogP contribution is 2.36. The van der Waals surface area contributed by atoms with Crippen LogP contribution in [0.15, 0.2) is 41.5 Å². The number of methoxy groups -OCH3 is 1. The van der Waals surface area contributed by atoms with Crippen LogP contribution in [0.5, 0.6) is 5.75 Å². The molecule has 0 bridgehead atoms. The molecule has 1 fully saturated rings. The Bertz CT molecular complexity index is 1190. The molecule has 1 aromatic heterocycles. The van der Waals surface area contributed by atoms with Gasteiger partial charge in [0.25, 0.3) is 5.56 Å². The molecule has 5 rings (SSSR count). The molecule has 0 unspecified atom stereocenters. The number of ether oxygens (including phenoxy) is 2. The summed E-state index contributed by atoms with van der Waals surface area (Å²) in [5.41, 5.74) is 5.33. The maximum atomic E-state index is 13.6. The fourth-order valence-electron chi connectivity index (χ4n) is 5.05. The Morgan fingerprint density at radius 1 is 1.28 bits per heavy atom. The molecule has 3 heterocycles. The summed E-state index contributed by atoms with van der Waals surface area (Å²) in [7, 11) is 3.74. The summed E-state index contributed by atoms with van der Waals surface area (Å²) in [6.45, 7) is 1.71. The Morgan fingerprint density at radius 3 is 2.84 bits per heavy atom. The third-order valence-corrected chi connectivity index (χ3v) is 6.75. The van der Waals surface area contributed by atoms with Crippen molar-refractivity contribution in [3.05, 3.63) is 63.7 Å². The number of aliphatic hydroxyl groups excluding tert-OH is 1. The molecular weight excluding hydrogens is 406 g/mol. The molecule has 168 valence electrons. The van der Waals surface area contributed by atoms with Crippen molar-refractivity contribution in [2.45, 2.75) is 37.8 Å². The van der Waals surface area contributed by atoms with Gasteiger partial charge in [-0.2, -0.15) is 0 Å². The minimum Gasteiger partial charge on any atom is -0.497 e. The van der Waals surface area contributed by atoms with E-state index in [4.69, 9.17) is 14.5 Å². The predicted octanol–water partition coefficient (Wildman–Crippen LogP) is 2.70. The van der Waals surface area contributed by atoms with E-state index in [1.807, 2.05) is 18.2 Å². The fourth-order valence-corrected chi connectivity index (χ4v) is 5.05. The van der Waals surface area contributed by atoms with E-state index in [0.717, 1.165) is 48.3 Å². The molecule has 0 amide bonds. The average molecular weight is 436 g/mol. The van der Waals surface area contributed by atoms with E-state index in [9.17, 15) is 9.90 Å². The Balaban J connectivity index is 1.65. The summed E-state index contributed by atoms with van der Waals surface area (Å²) in [5, 5.41) is 11.0. The van der Waals surface area contributed by atoms with Gasteiger partial charge in [0.1, 0.15) is 11.3 Å². The van der Waals surface area contributed by atoms with Crippen LogP contribution in [0.25, 0.3) is 10.9 Å². The highest BCUT2D eigenvalue weighted by atomic mass is 16.5. The van der Waals surface area contributed by atoms with Crippen molar-refractivity contribution in [3.63, 3.8) is 0 Å². The van der Waals surface area contributed by atoms with E-state index in [0.29, 0.717) is 18.4 Å². The second-order valence-corrected chi connectivity index (χ2v) is 8.76. The lowest BCUT2D eigenvalue weighted by Gasteiger charge is -2.32. The van der Waals surface area contributed by atoms with Gasteiger partial charge in [-0.05, 0) is 60.6 Å². The predicted molar refractivity (Wildman–Crippen MR) is 124 cm³/mol. The number of hydrogen-bond acceptors (Lipinski definition) is 6. The fraction of sp³-hybridized carbons (Fsp3) is 0.440. The van der Waals surface area contributed by atoms with Crippen LogP contribution in [0, 0.1) is 0 Å². The van der Waals surface area contributed by atoms with Gasteiger partial charge >= 0.3 is 0 Å². The normalized spacial score (nSPS) is 20.9. The van der Waals surface area contributed by atoms with Crippen molar-refractivity contribution in [2.24, 2.45) is 0 Å². The summed E-state index contributed by atoms with van der Waals surface area (Å²) in [6, 6.07) is 9.79. The van der Waals surface area contributed by atoms with E-state index in [2.05, 4.69) is 24.1 Å². The number of benzene rings is 2. The molecule has 7 heteroatoms. The van der Waals surface area contributed by atoms with Crippen molar-refractivity contribution >= 4 is 16.6 Å². The van der Waals surface area contributed by atoms with Crippen LogP contribution < -0.4 is 15.2 Å². The van der Waals surface area contributed by atoms with Gasteiger partial charge in [0.05, 0.1) is 43.3 Å². The highest BCUT2D eigenvalue weighted by Gasteiger charge is 2.28. The first kappa shape index (κ1) is 21.0. The average Bonchev–Trinajstić information content (AvgIpc) is 2.81. The largest absolute Gasteiger partial charge is 0.497 e. The first-order valence-corrected chi connectivity index (χ1v) is 11.2. The SMILES string of the molecule is COc1ccc(Cc2cc3c(=O)n([C@H]4CCOC[C@@H]4O)cnc3c3c2CCCN3C)cc1.